The molecule has 1 heterocycles. The highest BCUT2D eigenvalue weighted by Gasteiger charge is 2.32. The largest absolute Gasteiger partial charge is 0.370 e. The lowest BCUT2D eigenvalue weighted by atomic mass is 9.97. The molecular weight excluding hydrogens is 260 g/mol. The van der Waals surface area contributed by atoms with Crippen molar-refractivity contribution in [2.24, 2.45) is 0 Å². The van der Waals surface area contributed by atoms with Crippen molar-refractivity contribution >= 4 is 0 Å². The van der Waals surface area contributed by atoms with Gasteiger partial charge in [0.2, 0.25) is 0 Å². The van der Waals surface area contributed by atoms with Gasteiger partial charge in [0.25, 0.3) is 0 Å². The van der Waals surface area contributed by atoms with Gasteiger partial charge in [0.15, 0.2) is 0 Å². The van der Waals surface area contributed by atoms with E-state index >= 15 is 0 Å². The van der Waals surface area contributed by atoms with E-state index in [1.165, 1.54) is 16.7 Å². The number of ether oxygens (including phenoxy) is 1. The lowest BCUT2D eigenvalue weighted by Crippen LogP contribution is -2.53. The minimum absolute atomic E-state index is 0.0573. The van der Waals surface area contributed by atoms with Crippen molar-refractivity contribution in [1.82, 2.24) is 10.2 Å². The summed E-state index contributed by atoms with van der Waals surface area (Å²) in [5.74, 6) is 0. The molecule has 118 valence electrons. The molecule has 2 rings (SSSR count). The van der Waals surface area contributed by atoms with Crippen LogP contribution in [0.5, 0.6) is 0 Å². The van der Waals surface area contributed by atoms with Gasteiger partial charge in [0.05, 0.1) is 11.7 Å². The van der Waals surface area contributed by atoms with E-state index in [9.17, 15) is 0 Å². The SMILES string of the molecule is CNC(CN1CC(C)OC(C)(C)C1)c1ccc(C)cc1C. The Morgan fingerprint density at radius 3 is 2.67 bits per heavy atom. The summed E-state index contributed by atoms with van der Waals surface area (Å²) in [6.07, 6.45) is 0.297. The number of likely N-dealkylation sites (N-methyl/N-ethyl adjacent to an activating group) is 1. The van der Waals surface area contributed by atoms with Crippen LogP contribution in [0.4, 0.5) is 0 Å². The van der Waals surface area contributed by atoms with Crippen molar-refractivity contribution in [3.05, 3.63) is 34.9 Å². The first kappa shape index (κ1) is 16.5. The smallest absolute Gasteiger partial charge is 0.0757 e. The van der Waals surface area contributed by atoms with E-state index in [4.69, 9.17) is 4.74 Å². The first-order valence-corrected chi connectivity index (χ1v) is 7.95. The zero-order chi connectivity index (χ0) is 15.6. The van der Waals surface area contributed by atoms with Crippen molar-refractivity contribution in [2.45, 2.75) is 52.4 Å². The average Bonchev–Trinajstić information content (AvgIpc) is 2.34. The molecule has 0 aromatic heterocycles. The van der Waals surface area contributed by atoms with Crippen molar-refractivity contribution in [1.29, 1.82) is 0 Å². The van der Waals surface area contributed by atoms with Crippen LogP contribution in [-0.2, 0) is 4.74 Å². The molecule has 3 nitrogen and oxygen atoms in total. The molecule has 1 aliphatic heterocycles. The second-order valence-electron chi connectivity index (χ2n) is 7.08. The third kappa shape index (κ3) is 4.29. The summed E-state index contributed by atoms with van der Waals surface area (Å²) in [6.45, 7) is 13.9. The van der Waals surface area contributed by atoms with Crippen molar-refractivity contribution < 1.29 is 4.74 Å². The molecule has 0 aliphatic carbocycles. The van der Waals surface area contributed by atoms with Gasteiger partial charge in [-0.2, -0.15) is 0 Å². The molecule has 2 unspecified atom stereocenters. The highest BCUT2D eigenvalue weighted by molar-refractivity contribution is 5.33. The highest BCUT2D eigenvalue weighted by atomic mass is 16.5. The monoisotopic (exact) mass is 290 g/mol. The predicted octanol–water partition coefficient (Wildman–Crippen LogP) is 3.06. The lowest BCUT2D eigenvalue weighted by molar-refractivity contribution is -0.129. The van der Waals surface area contributed by atoms with Crippen molar-refractivity contribution in [3.8, 4) is 0 Å². The Morgan fingerprint density at radius 2 is 2.10 bits per heavy atom. The molecule has 1 aromatic rings. The molecule has 2 atom stereocenters. The topological polar surface area (TPSA) is 24.5 Å². The summed E-state index contributed by atoms with van der Waals surface area (Å²) in [6, 6.07) is 7.11. The van der Waals surface area contributed by atoms with Crippen LogP contribution in [0.3, 0.4) is 0 Å². The van der Waals surface area contributed by atoms with E-state index in [0.717, 1.165) is 19.6 Å². The fourth-order valence-electron chi connectivity index (χ4n) is 3.54. The van der Waals surface area contributed by atoms with Crippen LogP contribution in [0.15, 0.2) is 18.2 Å². The summed E-state index contributed by atoms with van der Waals surface area (Å²) in [5, 5.41) is 3.49. The van der Waals surface area contributed by atoms with Crippen molar-refractivity contribution in [3.63, 3.8) is 0 Å². The maximum Gasteiger partial charge on any atom is 0.0757 e. The van der Waals surface area contributed by atoms with Crippen LogP contribution >= 0.6 is 0 Å². The first-order valence-electron chi connectivity index (χ1n) is 7.95. The van der Waals surface area contributed by atoms with Crippen LogP contribution in [-0.4, -0.2) is 43.3 Å². The number of rotatable bonds is 4. The van der Waals surface area contributed by atoms with Gasteiger partial charge in [-0.1, -0.05) is 23.8 Å². The maximum absolute atomic E-state index is 6.00. The van der Waals surface area contributed by atoms with Gasteiger partial charge in [-0.05, 0) is 52.8 Å². The first-order chi connectivity index (χ1) is 9.80. The highest BCUT2D eigenvalue weighted by Crippen LogP contribution is 2.25. The number of morpholine rings is 1. The molecule has 1 aromatic carbocycles. The van der Waals surface area contributed by atoms with E-state index in [-0.39, 0.29) is 5.60 Å². The Labute approximate surface area is 129 Å². The van der Waals surface area contributed by atoms with E-state index in [1.807, 2.05) is 0 Å². The fraction of sp³-hybridized carbons (Fsp3) is 0.667. The van der Waals surface area contributed by atoms with Crippen LogP contribution in [0.25, 0.3) is 0 Å². The van der Waals surface area contributed by atoms with Crippen LogP contribution in [0.1, 0.15) is 43.5 Å². The molecule has 1 N–H and O–H groups in total. The molecule has 0 spiro atoms. The Bertz CT molecular complexity index is 484. The minimum atomic E-state index is -0.0573. The van der Waals surface area contributed by atoms with Gasteiger partial charge in [-0.3, -0.25) is 4.90 Å². The summed E-state index contributed by atoms with van der Waals surface area (Å²) in [5.41, 5.74) is 4.04. The summed E-state index contributed by atoms with van der Waals surface area (Å²) in [7, 11) is 2.05. The molecule has 0 saturated carbocycles. The van der Waals surface area contributed by atoms with Gasteiger partial charge in [0, 0.05) is 25.7 Å². The molecule has 0 radical (unpaired) electrons. The average molecular weight is 290 g/mol. The Balaban J connectivity index is 2.11. The Kier molecular flexibility index (Phi) is 5.07. The predicted molar refractivity (Wildman–Crippen MR) is 88.8 cm³/mol. The third-order valence-electron chi connectivity index (χ3n) is 4.23. The zero-order valence-corrected chi connectivity index (χ0v) is 14.4. The molecular formula is C18H30N2O. The third-order valence-corrected chi connectivity index (χ3v) is 4.23. The van der Waals surface area contributed by atoms with Gasteiger partial charge in [-0.25, -0.2) is 0 Å². The molecule has 21 heavy (non-hydrogen) atoms. The Hall–Kier alpha value is -0.900. The summed E-state index contributed by atoms with van der Waals surface area (Å²) in [4.78, 5) is 2.52. The number of aryl methyl sites for hydroxylation is 2. The summed E-state index contributed by atoms with van der Waals surface area (Å²) < 4.78 is 6.00. The van der Waals surface area contributed by atoms with E-state index in [1.54, 1.807) is 0 Å². The van der Waals surface area contributed by atoms with Crippen molar-refractivity contribution in [2.75, 3.05) is 26.7 Å². The van der Waals surface area contributed by atoms with E-state index < -0.39 is 0 Å². The zero-order valence-electron chi connectivity index (χ0n) is 14.4. The quantitative estimate of drug-likeness (QED) is 0.922. The molecule has 0 amide bonds. The van der Waals surface area contributed by atoms with Crippen LogP contribution < -0.4 is 5.32 Å². The van der Waals surface area contributed by atoms with Gasteiger partial charge < -0.3 is 10.1 Å². The maximum atomic E-state index is 6.00. The second kappa shape index (κ2) is 6.47. The number of nitrogens with one attached hydrogen (secondary N) is 1. The van der Waals surface area contributed by atoms with Gasteiger partial charge >= 0.3 is 0 Å². The number of nitrogens with zero attached hydrogens (tertiary/aromatic N) is 1. The van der Waals surface area contributed by atoms with E-state index in [2.05, 4.69) is 70.1 Å². The standard InChI is InChI=1S/C18H30N2O/c1-13-7-8-16(14(2)9-13)17(19-6)11-20-10-15(3)21-18(4,5)12-20/h7-9,15,17,19H,10-12H2,1-6H3. The van der Waals surface area contributed by atoms with E-state index in [0.29, 0.717) is 12.1 Å². The van der Waals surface area contributed by atoms with Gasteiger partial charge in [0.1, 0.15) is 0 Å². The number of hydrogen-bond acceptors (Lipinski definition) is 3. The molecule has 0 bridgehead atoms. The van der Waals surface area contributed by atoms with Crippen LogP contribution in [0, 0.1) is 13.8 Å². The molecule has 1 aliphatic rings. The lowest BCUT2D eigenvalue weighted by Gasteiger charge is -2.43. The van der Waals surface area contributed by atoms with Gasteiger partial charge in [-0.15, -0.1) is 0 Å². The minimum Gasteiger partial charge on any atom is -0.370 e. The molecule has 1 fully saturated rings. The molecule has 3 heteroatoms. The fourth-order valence-corrected chi connectivity index (χ4v) is 3.54. The summed E-state index contributed by atoms with van der Waals surface area (Å²) >= 11 is 0. The number of hydrogen-bond donors (Lipinski definition) is 1. The number of benzene rings is 1. The Morgan fingerprint density at radius 1 is 1.38 bits per heavy atom. The normalized spacial score (nSPS) is 24.0. The van der Waals surface area contributed by atoms with Crippen LogP contribution in [0.2, 0.25) is 0 Å². The second-order valence-corrected chi connectivity index (χ2v) is 7.08. The molecule has 1 saturated heterocycles.